The number of nitrogens with one attached hydrogen (secondary N) is 1. The van der Waals surface area contributed by atoms with Gasteiger partial charge in [0.05, 0.1) is 11.2 Å². The van der Waals surface area contributed by atoms with Crippen LogP contribution in [0.1, 0.15) is 18.4 Å². The topological polar surface area (TPSA) is 42.0 Å². The average molecular weight is 302 g/mol. The largest absolute Gasteiger partial charge is 0.326 e. The lowest BCUT2D eigenvalue weighted by Gasteiger charge is -2.07. The molecule has 0 aliphatic heterocycles. The number of aromatic nitrogens is 1. The zero-order valence-electron chi connectivity index (χ0n) is 13.0. The smallest absolute Gasteiger partial charge is 0.227 e. The normalized spacial score (nSPS) is 14.0. The molecule has 0 radical (unpaired) electrons. The van der Waals surface area contributed by atoms with Crippen LogP contribution in [0.5, 0.6) is 0 Å². The van der Waals surface area contributed by atoms with Crippen molar-refractivity contribution in [2.45, 2.75) is 19.8 Å². The number of aryl methyl sites for hydroxylation is 1. The van der Waals surface area contributed by atoms with Crippen molar-refractivity contribution in [1.82, 2.24) is 4.98 Å². The third kappa shape index (κ3) is 2.95. The van der Waals surface area contributed by atoms with E-state index in [2.05, 4.69) is 36.5 Å². The fraction of sp³-hybridized carbons (Fsp3) is 0.200. The summed E-state index contributed by atoms with van der Waals surface area (Å²) in [6, 6.07) is 18.3. The van der Waals surface area contributed by atoms with Crippen molar-refractivity contribution >= 4 is 22.5 Å². The molecule has 0 bridgehead atoms. The minimum atomic E-state index is 0.136. The number of hydrogen-bond acceptors (Lipinski definition) is 2. The summed E-state index contributed by atoms with van der Waals surface area (Å²) in [6.07, 6.45) is 2.04. The van der Waals surface area contributed by atoms with Gasteiger partial charge >= 0.3 is 0 Å². The SMILES string of the molecule is Cc1ccc2nc(-c3ccc(NC(=O)C4CC4)cc3)ccc2c1. The van der Waals surface area contributed by atoms with Gasteiger partial charge in [0, 0.05) is 22.6 Å². The van der Waals surface area contributed by atoms with Crippen molar-refractivity contribution in [1.29, 1.82) is 0 Å². The van der Waals surface area contributed by atoms with E-state index in [1.807, 2.05) is 30.3 Å². The van der Waals surface area contributed by atoms with E-state index in [0.29, 0.717) is 0 Å². The molecule has 1 aromatic heterocycles. The Labute approximate surface area is 135 Å². The van der Waals surface area contributed by atoms with Crippen molar-refractivity contribution < 1.29 is 4.79 Å². The van der Waals surface area contributed by atoms with Gasteiger partial charge in [0.2, 0.25) is 5.91 Å². The second kappa shape index (κ2) is 5.51. The lowest BCUT2D eigenvalue weighted by molar-refractivity contribution is -0.117. The molecule has 1 aliphatic rings. The molecule has 4 rings (SSSR count). The summed E-state index contributed by atoms with van der Waals surface area (Å²) in [7, 11) is 0. The number of hydrogen-bond donors (Lipinski definition) is 1. The van der Waals surface area contributed by atoms with Crippen molar-refractivity contribution in [3.63, 3.8) is 0 Å². The maximum Gasteiger partial charge on any atom is 0.227 e. The molecule has 1 N–H and O–H groups in total. The molecule has 0 atom stereocenters. The fourth-order valence-corrected chi connectivity index (χ4v) is 2.72. The van der Waals surface area contributed by atoms with E-state index in [1.54, 1.807) is 0 Å². The molecule has 3 aromatic rings. The summed E-state index contributed by atoms with van der Waals surface area (Å²) in [5, 5.41) is 4.11. The Morgan fingerprint density at radius 2 is 1.83 bits per heavy atom. The molecule has 23 heavy (non-hydrogen) atoms. The highest BCUT2D eigenvalue weighted by Gasteiger charge is 2.29. The van der Waals surface area contributed by atoms with Gasteiger partial charge in [0.25, 0.3) is 0 Å². The van der Waals surface area contributed by atoms with Crippen molar-refractivity contribution in [2.24, 2.45) is 5.92 Å². The zero-order chi connectivity index (χ0) is 15.8. The molecule has 0 unspecified atom stereocenters. The average Bonchev–Trinajstić information content (AvgIpc) is 3.40. The first-order valence-electron chi connectivity index (χ1n) is 7.98. The highest BCUT2D eigenvalue weighted by molar-refractivity contribution is 5.94. The summed E-state index contributed by atoms with van der Waals surface area (Å²) >= 11 is 0. The van der Waals surface area contributed by atoms with Crippen molar-refractivity contribution in [2.75, 3.05) is 5.32 Å². The Morgan fingerprint density at radius 1 is 1.04 bits per heavy atom. The number of pyridine rings is 1. The molecule has 1 fully saturated rings. The Bertz CT molecular complexity index is 880. The molecule has 3 nitrogen and oxygen atoms in total. The molecule has 0 saturated heterocycles. The number of amides is 1. The van der Waals surface area contributed by atoms with Crippen LogP contribution >= 0.6 is 0 Å². The predicted molar refractivity (Wildman–Crippen MR) is 93.3 cm³/mol. The molecule has 1 heterocycles. The van der Waals surface area contributed by atoms with Gasteiger partial charge in [-0.25, -0.2) is 4.98 Å². The molecular formula is C20H18N2O. The maximum atomic E-state index is 11.8. The summed E-state index contributed by atoms with van der Waals surface area (Å²) in [5.41, 5.74) is 5.09. The van der Waals surface area contributed by atoms with Gasteiger partial charge in [-0.05, 0) is 50.1 Å². The minimum Gasteiger partial charge on any atom is -0.326 e. The van der Waals surface area contributed by atoms with Crippen LogP contribution in [0.4, 0.5) is 5.69 Å². The van der Waals surface area contributed by atoms with Crippen LogP contribution in [-0.4, -0.2) is 10.9 Å². The van der Waals surface area contributed by atoms with Gasteiger partial charge in [-0.3, -0.25) is 4.79 Å². The molecule has 1 aliphatic carbocycles. The summed E-state index contributed by atoms with van der Waals surface area (Å²) in [5.74, 6) is 0.359. The number of carbonyl (C=O) groups excluding carboxylic acids is 1. The van der Waals surface area contributed by atoms with E-state index < -0.39 is 0 Å². The van der Waals surface area contributed by atoms with Gasteiger partial charge in [0.15, 0.2) is 0 Å². The van der Waals surface area contributed by atoms with E-state index in [1.165, 1.54) is 5.56 Å². The Balaban J connectivity index is 1.59. The zero-order valence-corrected chi connectivity index (χ0v) is 13.0. The summed E-state index contributed by atoms with van der Waals surface area (Å²) in [6.45, 7) is 2.09. The van der Waals surface area contributed by atoms with Gasteiger partial charge in [-0.2, -0.15) is 0 Å². The van der Waals surface area contributed by atoms with Crippen LogP contribution in [0, 0.1) is 12.8 Å². The third-order valence-electron chi connectivity index (χ3n) is 4.24. The van der Waals surface area contributed by atoms with Crippen LogP contribution in [-0.2, 0) is 4.79 Å². The Kier molecular flexibility index (Phi) is 3.34. The number of carbonyl (C=O) groups is 1. The number of benzene rings is 2. The summed E-state index contributed by atoms with van der Waals surface area (Å²) < 4.78 is 0. The fourth-order valence-electron chi connectivity index (χ4n) is 2.72. The second-order valence-corrected chi connectivity index (χ2v) is 6.23. The van der Waals surface area contributed by atoms with Gasteiger partial charge in [-0.15, -0.1) is 0 Å². The Morgan fingerprint density at radius 3 is 2.57 bits per heavy atom. The van der Waals surface area contributed by atoms with E-state index in [4.69, 9.17) is 4.98 Å². The molecule has 0 spiro atoms. The van der Waals surface area contributed by atoms with Crippen LogP contribution in [0.3, 0.4) is 0 Å². The minimum absolute atomic E-state index is 0.136. The van der Waals surface area contributed by atoms with Crippen LogP contribution < -0.4 is 5.32 Å². The number of nitrogens with zero attached hydrogens (tertiary/aromatic N) is 1. The highest BCUT2D eigenvalue weighted by atomic mass is 16.2. The first-order valence-corrected chi connectivity index (χ1v) is 7.98. The first-order chi connectivity index (χ1) is 11.2. The number of anilines is 1. The van der Waals surface area contributed by atoms with Crippen molar-refractivity contribution in [3.05, 3.63) is 60.2 Å². The molecular weight excluding hydrogens is 284 g/mol. The van der Waals surface area contributed by atoms with Crippen LogP contribution in [0.2, 0.25) is 0 Å². The third-order valence-corrected chi connectivity index (χ3v) is 4.24. The Hall–Kier alpha value is -2.68. The second-order valence-electron chi connectivity index (χ2n) is 6.23. The van der Waals surface area contributed by atoms with Gasteiger partial charge < -0.3 is 5.32 Å². The highest BCUT2D eigenvalue weighted by Crippen LogP contribution is 2.30. The summed E-state index contributed by atoms with van der Waals surface area (Å²) in [4.78, 5) is 16.5. The number of fused-ring (bicyclic) bond motifs is 1. The first kappa shape index (κ1) is 13.9. The maximum absolute atomic E-state index is 11.8. The quantitative estimate of drug-likeness (QED) is 0.770. The van der Waals surface area contributed by atoms with Crippen molar-refractivity contribution in [3.8, 4) is 11.3 Å². The molecule has 2 aromatic carbocycles. The molecule has 1 amide bonds. The lowest BCUT2D eigenvalue weighted by Crippen LogP contribution is -2.12. The monoisotopic (exact) mass is 302 g/mol. The molecule has 3 heteroatoms. The molecule has 114 valence electrons. The standard InChI is InChI=1S/C20H18N2O/c1-13-2-10-19-16(12-13)7-11-18(22-19)14-5-8-17(9-6-14)21-20(23)15-3-4-15/h2,5-12,15H,3-4H2,1H3,(H,21,23). The number of rotatable bonds is 3. The van der Waals surface area contributed by atoms with E-state index in [-0.39, 0.29) is 11.8 Å². The van der Waals surface area contributed by atoms with Crippen LogP contribution in [0.25, 0.3) is 22.2 Å². The van der Waals surface area contributed by atoms with E-state index in [0.717, 1.165) is 40.7 Å². The lowest BCUT2D eigenvalue weighted by atomic mass is 10.1. The van der Waals surface area contributed by atoms with Gasteiger partial charge in [0.1, 0.15) is 0 Å². The van der Waals surface area contributed by atoms with Gasteiger partial charge in [-0.1, -0.05) is 29.8 Å². The van der Waals surface area contributed by atoms with Crippen LogP contribution in [0.15, 0.2) is 54.6 Å². The predicted octanol–water partition coefficient (Wildman–Crippen LogP) is 4.56. The van der Waals surface area contributed by atoms with E-state index >= 15 is 0 Å². The molecule has 1 saturated carbocycles. The van der Waals surface area contributed by atoms with E-state index in [9.17, 15) is 4.79 Å².